The van der Waals surface area contributed by atoms with E-state index in [0.29, 0.717) is 17.1 Å². The van der Waals surface area contributed by atoms with Crippen LogP contribution in [-0.2, 0) is 9.59 Å². The zero-order valence-electron chi connectivity index (χ0n) is 11.5. The van der Waals surface area contributed by atoms with Crippen molar-refractivity contribution in [2.75, 3.05) is 11.4 Å². The zero-order valence-corrected chi connectivity index (χ0v) is 12.3. The summed E-state index contributed by atoms with van der Waals surface area (Å²) in [4.78, 5) is 24.4. The van der Waals surface area contributed by atoms with Crippen molar-refractivity contribution in [2.45, 2.75) is 26.3 Å². The summed E-state index contributed by atoms with van der Waals surface area (Å²) in [7, 11) is 0. The lowest BCUT2D eigenvalue weighted by molar-refractivity contribution is -0.136. The number of nitrogens with zero attached hydrogens (tertiary/aromatic N) is 1. The minimum absolute atomic E-state index is 0.250. The number of anilines is 1. The first-order chi connectivity index (χ1) is 9.31. The molecule has 0 aromatic heterocycles. The van der Waals surface area contributed by atoms with Gasteiger partial charge in [-0.1, -0.05) is 31.5 Å². The highest BCUT2D eigenvalue weighted by atomic mass is 35.5. The third-order valence-corrected chi connectivity index (χ3v) is 2.96. The molecule has 0 spiro atoms. The van der Waals surface area contributed by atoms with Gasteiger partial charge in [-0.2, -0.15) is 0 Å². The number of halogens is 1. The van der Waals surface area contributed by atoms with Gasteiger partial charge in [0.05, 0.1) is 6.04 Å². The minimum Gasteiger partial charge on any atom is -0.480 e. The Hall–Kier alpha value is -1.59. The topological polar surface area (TPSA) is 83.6 Å². The number of aliphatic carboxylic acids is 1. The molecular weight excluding hydrogens is 280 g/mol. The molecule has 0 aliphatic heterocycles. The average Bonchev–Trinajstić information content (AvgIpc) is 2.34. The van der Waals surface area contributed by atoms with Gasteiger partial charge in [-0.05, 0) is 30.5 Å². The normalized spacial score (nSPS) is 12.2. The quantitative estimate of drug-likeness (QED) is 0.842. The molecule has 1 aromatic rings. The molecule has 5 nitrogen and oxygen atoms in total. The molecule has 0 aliphatic carbocycles. The molecule has 0 bridgehead atoms. The molecular formula is C14H19ClN2O3. The molecule has 0 saturated carbocycles. The number of rotatable bonds is 6. The third kappa shape index (κ3) is 4.83. The SMILES string of the molecule is CC(C)C[C@H](N)C(=O)N(CC(=O)O)c1cccc(Cl)c1. The first-order valence-electron chi connectivity index (χ1n) is 6.35. The first-order valence-corrected chi connectivity index (χ1v) is 6.73. The van der Waals surface area contributed by atoms with Crippen molar-refractivity contribution in [3.63, 3.8) is 0 Å². The van der Waals surface area contributed by atoms with Gasteiger partial charge in [0.2, 0.25) is 5.91 Å². The third-order valence-electron chi connectivity index (χ3n) is 2.72. The summed E-state index contributed by atoms with van der Waals surface area (Å²) in [5, 5.41) is 9.39. The van der Waals surface area contributed by atoms with Crippen LogP contribution in [0.25, 0.3) is 0 Å². The molecule has 0 heterocycles. The lowest BCUT2D eigenvalue weighted by Gasteiger charge is -2.25. The summed E-state index contributed by atoms with van der Waals surface area (Å²) in [5.41, 5.74) is 6.29. The molecule has 20 heavy (non-hydrogen) atoms. The fourth-order valence-electron chi connectivity index (χ4n) is 1.88. The summed E-state index contributed by atoms with van der Waals surface area (Å²) < 4.78 is 0. The largest absolute Gasteiger partial charge is 0.480 e. The second-order valence-corrected chi connectivity index (χ2v) is 5.47. The molecule has 6 heteroatoms. The van der Waals surface area contributed by atoms with Crippen molar-refractivity contribution >= 4 is 29.2 Å². The molecule has 0 unspecified atom stereocenters. The summed E-state index contributed by atoms with van der Waals surface area (Å²) in [6.07, 6.45) is 0.496. The molecule has 3 N–H and O–H groups in total. The van der Waals surface area contributed by atoms with E-state index in [1.54, 1.807) is 24.3 Å². The van der Waals surface area contributed by atoms with Gasteiger partial charge in [-0.15, -0.1) is 0 Å². The lowest BCUT2D eigenvalue weighted by Crippen LogP contribution is -2.46. The molecule has 1 rings (SSSR count). The highest BCUT2D eigenvalue weighted by Crippen LogP contribution is 2.20. The number of carbonyl (C=O) groups excluding carboxylic acids is 1. The zero-order chi connectivity index (χ0) is 15.3. The molecule has 110 valence electrons. The van der Waals surface area contributed by atoms with Crippen LogP contribution < -0.4 is 10.6 Å². The Labute approximate surface area is 123 Å². The van der Waals surface area contributed by atoms with Crippen molar-refractivity contribution in [2.24, 2.45) is 11.7 Å². The molecule has 1 aromatic carbocycles. The van der Waals surface area contributed by atoms with E-state index in [9.17, 15) is 9.59 Å². The van der Waals surface area contributed by atoms with Crippen LogP contribution in [0.3, 0.4) is 0 Å². The van der Waals surface area contributed by atoms with Crippen LogP contribution in [0.5, 0.6) is 0 Å². The van der Waals surface area contributed by atoms with Crippen LogP contribution in [0.4, 0.5) is 5.69 Å². The van der Waals surface area contributed by atoms with Crippen molar-refractivity contribution < 1.29 is 14.7 Å². The smallest absolute Gasteiger partial charge is 0.323 e. The molecule has 0 saturated heterocycles. The van der Waals surface area contributed by atoms with Gasteiger partial charge in [0.25, 0.3) is 0 Å². The maximum absolute atomic E-state index is 12.3. The number of hydrogen-bond donors (Lipinski definition) is 2. The number of carboxylic acid groups (broad SMARTS) is 1. The second-order valence-electron chi connectivity index (χ2n) is 5.03. The number of amides is 1. The van der Waals surface area contributed by atoms with Crippen molar-refractivity contribution in [1.82, 2.24) is 0 Å². The Morgan fingerprint density at radius 1 is 1.40 bits per heavy atom. The van der Waals surface area contributed by atoms with Gasteiger partial charge < -0.3 is 10.8 Å². The summed E-state index contributed by atoms with van der Waals surface area (Å²) in [5.74, 6) is -1.27. The van der Waals surface area contributed by atoms with Gasteiger partial charge >= 0.3 is 5.97 Å². The number of hydrogen-bond acceptors (Lipinski definition) is 3. The molecule has 0 aliphatic rings. The molecule has 0 fully saturated rings. The van der Waals surface area contributed by atoms with E-state index in [0.717, 1.165) is 4.90 Å². The second kappa shape index (κ2) is 7.26. The Bertz CT molecular complexity index is 491. The Kier molecular flexibility index (Phi) is 5.98. The van der Waals surface area contributed by atoms with Gasteiger partial charge in [-0.25, -0.2) is 0 Å². The number of carbonyl (C=O) groups is 2. The highest BCUT2D eigenvalue weighted by molar-refractivity contribution is 6.31. The van der Waals surface area contributed by atoms with Gasteiger partial charge in [0, 0.05) is 10.7 Å². The highest BCUT2D eigenvalue weighted by Gasteiger charge is 2.25. The number of nitrogens with two attached hydrogens (primary N) is 1. The minimum atomic E-state index is -1.10. The van der Waals surface area contributed by atoms with E-state index in [-0.39, 0.29) is 5.92 Å². The lowest BCUT2D eigenvalue weighted by atomic mass is 10.0. The first kappa shape index (κ1) is 16.5. The summed E-state index contributed by atoms with van der Waals surface area (Å²) >= 11 is 5.88. The van der Waals surface area contributed by atoms with Crippen molar-refractivity contribution in [3.8, 4) is 0 Å². The van der Waals surface area contributed by atoms with Gasteiger partial charge in [0.1, 0.15) is 6.54 Å². The van der Waals surface area contributed by atoms with Crippen LogP contribution in [0.15, 0.2) is 24.3 Å². The van der Waals surface area contributed by atoms with Crippen molar-refractivity contribution in [1.29, 1.82) is 0 Å². The van der Waals surface area contributed by atoms with Crippen LogP contribution >= 0.6 is 11.6 Å². The van der Waals surface area contributed by atoms with Crippen LogP contribution in [0.1, 0.15) is 20.3 Å². The van der Waals surface area contributed by atoms with Crippen molar-refractivity contribution in [3.05, 3.63) is 29.3 Å². The van der Waals surface area contributed by atoms with Crippen LogP contribution in [-0.4, -0.2) is 29.6 Å². The monoisotopic (exact) mass is 298 g/mol. The molecule has 1 atom stereocenters. The Morgan fingerprint density at radius 3 is 2.55 bits per heavy atom. The number of benzene rings is 1. The molecule has 1 amide bonds. The van der Waals surface area contributed by atoms with Gasteiger partial charge in [0.15, 0.2) is 0 Å². The van der Waals surface area contributed by atoms with E-state index in [2.05, 4.69) is 0 Å². The maximum Gasteiger partial charge on any atom is 0.323 e. The van der Waals surface area contributed by atoms with E-state index in [1.807, 2.05) is 13.8 Å². The maximum atomic E-state index is 12.3. The fraction of sp³-hybridized carbons (Fsp3) is 0.429. The summed E-state index contributed by atoms with van der Waals surface area (Å²) in [6.45, 7) is 3.47. The fourth-order valence-corrected chi connectivity index (χ4v) is 2.07. The number of carboxylic acids is 1. The Morgan fingerprint density at radius 2 is 2.05 bits per heavy atom. The molecule has 0 radical (unpaired) electrons. The Balaban J connectivity index is 3.00. The van der Waals surface area contributed by atoms with E-state index in [1.165, 1.54) is 0 Å². The predicted octanol–water partition coefficient (Wildman–Crippen LogP) is 2.13. The van der Waals surface area contributed by atoms with Gasteiger partial charge in [-0.3, -0.25) is 14.5 Å². The summed E-state index contributed by atoms with van der Waals surface area (Å²) in [6, 6.07) is 5.77. The predicted molar refractivity (Wildman–Crippen MR) is 78.9 cm³/mol. The van der Waals surface area contributed by atoms with Crippen LogP contribution in [0, 0.1) is 5.92 Å². The van der Waals surface area contributed by atoms with E-state index >= 15 is 0 Å². The average molecular weight is 299 g/mol. The van der Waals surface area contributed by atoms with E-state index in [4.69, 9.17) is 22.4 Å². The van der Waals surface area contributed by atoms with E-state index < -0.39 is 24.5 Å². The standard InChI is InChI=1S/C14H19ClN2O3/c1-9(2)6-12(16)14(20)17(8-13(18)19)11-5-3-4-10(15)7-11/h3-5,7,9,12H,6,8,16H2,1-2H3,(H,18,19)/t12-/m0/s1. The van der Waals surface area contributed by atoms with Crippen LogP contribution in [0.2, 0.25) is 5.02 Å².